The molecule has 0 bridgehead atoms. The molecule has 2 N–H and O–H groups in total. The quantitative estimate of drug-likeness (QED) is 0.807. The molecule has 0 radical (unpaired) electrons. The zero-order valence-corrected chi connectivity index (χ0v) is 8.36. The fourth-order valence-corrected chi connectivity index (χ4v) is 1.66. The second-order valence-corrected chi connectivity index (χ2v) is 3.23. The Morgan fingerprint density at radius 1 is 1.13 bits per heavy atom. The van der Waals surface area contributed by atoms with E-state index in [0.29, 0.717) is 5.56 Å². The predicted octanol–water partition coefficient (Wildman–Crippen LogP) is 1.95. The fourth-order valence-electron chi connectivity index (χ4n) is 1.66. The van der Waals surface area contributed by atoms with E-state index in [1.54, 1.807) is 19.2 Å². The van der Waals surface area contributed by atoms with E-state index in [4.69, 9.17) is 10.5 Å². The molecule has 0 aliphatic carbocycles. The lowest BCUT2D eigenvalue weighted by Crippen LogP contribution is -2.11. The fraction of sp³-hybridized carbons (Fsp3) is 0.0833. The number of methoxy groups -OCH3 is 1. The summed E-state index contributed by atoms with van der Waals surface area (Å²) in [6.07, 6.45) is 0. The van der Waals surface area contributed by atoms with Crippen molar-refractivity contribution in [1.29, 1.82) is 0 Å². The lowest BCUT2D eigenvalue weighted by Gasteiger charge is -2.07. The largest absolute Gasteiger partial charge is 0.496 e. The number of primary amides is 1. The van der Waals surface area contributed by atoms with Gasteiger partial charge < -0.3 is 10.5 Å². The normalized spacial score (nSPS) is 10.2. The molecule has 2 aromatic rings. The van der Waals surface area contributed by atoms with Crippen molar-refractivity contribution in [3.05, 3.63) is 42.0 Å². The van der Waals surface area contributed by atoms with Crippen molar-refractivity contribution in [3.63, 3.8) is 0 Å². The number of benzene rings is 2. The van der Waals surface area contributed by atoms with Crippen LogP contribution in [-0.4, -0.2) is 13.0 Å². The molecule has 2 aromatic carbocycles. The summed E-state index contributed by atoms with van der Waals surface area (Å²) in [6.45, 7) is 0. The van der Waals surface area contributed by atoms with E-state index in [1.807, 2.05) is 24.3 Å². The van der Waals surface area contributed by atoms with Crippen LogP contribution in [0, 0.1) is 0 Å². The Morgan fingerprint density at radius 2 is 1.80 bits per heavy atom. The van der Waals surface area contributed by atoms with Crippen molar-refractivity contribution in [1.82, 2.24) is 0 Å². The van der Waals surface area contributed by atoms with Crippen molar-refractivity contribution in [2.45, 2.75) is 0 Å². The molecule has 15 heavy (non-hydrogen) atoms. The summed E-state index contributed by atoms with van der Waals surface area (Å²) in [6, 6.07) is 11.0. The van der Waals surface area contributed by atoms with Gasteiger partial charge in [-0.25, -0.2) is 0 Å². The molecule has 0 saturated heterocycles. The zero-order valence-electron chi connectivity index (χ0n) is 8.36. The smallest absolute Gasteiger partial charge is 0.249 e. The van der Waals surface area contributed by atoms with Gasteiger partial charge in [-0.15, -0.1) is 0 Å². The lowest BCUT2D eigenvalue weighted by molar-refractivity contribution is 0.100. The van der Waals surface area contributed by atoms with Crippen LogP contribution in [-0.2, 0) is 0 Å². The molecule has 0 spiro atoms. The molecule has 3 nitrogen and oxygen atoms in total. The Morgan fingerprint density at radius 3 is 2.40 bits per heavy atom. The number of hydrogen-bond donors (Lipinski definition) is 1. The average molecular weight is 201 g/mol. The van der Waals surface area contributed by atoms with Crippen LogP contribution in [0.25, 0.3) is 10.8 Å². The molecule has 3 heteroatoms. The second-order valence-electron chi connectivity index (χ2n) is 3.23. The van der Waals surface area contributed by atoms with Gasteiger partial charge in [0.25, 0.3) is 0 Å². The van der Waals surface area contributed by atoms with E-state index >= 15 is 0 Å². The number of nitrogens with two attached hydrogens (primary N) is 1. The molecule has 0 heterocycles. The molecule has 0 atom stereocenters. The van der Waals surface area contributed by atoms with Gasteiger partial charge in [-0.2, -0.15) is 0 Å². The van der Waals surface area contributed by atoms with Gasteiger partial charge in [0.15, 0.2) is 0 Å². The molecule has 2 rings (SSSR count). The van der Waals surface area contributed by atoms with Gasteiger partial charge in [0.05, 0.1) is 7.11 Å². The van der Waals surface area contributed by atoms with Gasteiger partial charge in [-0.1, -0.05) is 24.3 Å². The van der Waals surface area contributed by atoms with Crippen molar-refractivity contribution < 1.29 is 9.53 Å². The minimum atomic E-state index is -0.422. The molecular formula is C12H11NO2. The number of fused-ring (bicyclic) bond motifs is 1. The Labute approximate surface area is 87.5 Å². The molecule has 0 unspecified atom stereocenters. The van der Waals surface area contributed by atoms with Gasteiger partial charge in [0.2, 0.25) is 5.91 Å². The Hall–Kier alpha value is -2.03. The highest BCUT2D eigenvalue weighted by molar-refractivity contribution is 6.07. The molecule has 76 valence electrons. The topological polar surface area (TPSA) is 52.3 Å². The van der Waals surface area contributed by atoms with Crippen LogP contribution in [0.15, 0.2) is 36.4 Å². The van der Waals surface area contributed by atoms with Gasteiger partial charge >= 0.3 is 0 Å². The monoisotopic (exact) mass is 201 g/mol. The first-order chi connectivity index (χ1) is 7.24. The Balaban J connectivity index is 2.83. The van der Waals surface area contributed by atoms with Crippen LogP contribution in [0.3, 0.4) is 0 Å². The van der Waals surface area contributed by atoms with Crippen LogP contribution < -0.4 is 10.5 Å². The van der Waals surface area contributed by atoms with Gasteiger partial charge in [0.1, 0.15) is 5.75 Å². The number of carbonyl (C=O) groups excluding carboxylic acids is 1. The van der Waals surface area contributed by atoms with E-state index < -0.39 is 5.91 Å². The Bertz CT molecular complexity index is 520. The maximum Gasteiger partial charge on any atom is 0.249 e. The summed E-state index contributed by atoms with van der Waals surface area (Å²) in [5.41, 5.74) is 5.81. The average Bonchev–Trinajstić information content (AvgIpc) is 2.27. The van der Waals surface area contributed by atoms with E-state index in [9.17, 15) is 4.79 Å². The molecule has 0 aliphatic rings. The molecular weight excluding hydrogens is 190 g/mol. The predicted molar refractivity (Wildman–Crippen MR) is 59.0 cm³/mol. The number of hydrogen-bond acceptors (Lipinski definition) is 2. The zero-order chi connectivity index (χ0) is 10.8. The van der Waals surface area contributed by atoms with Crippen molar-refractivity contribution in [2.24, 2.45) is 5.73 Å². The van der Waals surface area contributed by atoms with Gasteiger partial charge in [-0.3, -0.25) is 4.79 Å². The maximum atomic E-state index is 11.2. The third kappa shape index (κ3) is 1.52. The van der Waals surface area contributed by atoms with Crippen LogP contribution >= 0.6 is 0 Å². The number of carbonyl (C=O) groups is 1. The summed E-state index contributed by atoms with van der Waals surface area (Å²) in [5, 5.41) is 1.72. The summed E-state index contributed by atoms with van der Waals surface area (Å²) in [7, 11) is 1.60. The van der Waals surface area contributed by atoms with Crippen LogP contribution in [0.2, 0.25) is 0 Å². The van der Waals surface area contributed by atoms with Crippen LogP contribution in [0.1, 0.15) is 10.4 Å². The van der Waals surface area contributed by atoms with Crippen LogP contribution in [0.4, 0.5) is 0 Å². The van der Waals surface area contributed by atoms with E-state index in [1.165, 1.54) is 0 Å². The SMILES string of the molecule is COc1ccc(C(N)=O)c2ccccc12. The second kappa shape index (κ2) is 3.61. The highest BCUT2D eigenvalue weighted by atomic mass is 16.5. The molecule has 0 aromatic heterocycles. The summed E-state index contributed by atoms with van der Waals surface area (Å²) >= 11 is 0. The maximum absolute atomic E-state index is 11.2. The summed E-state index contributed by atoms with van der Waals surface area (Å²) in [4.78, 5) is 11.2. The Kier molecular flexibility index (Phi) is 2.29. The number of ether oxygens (including phenoxy) is 1. The van der Waals surface area contributed by atoms with Crippen LogP contribution in [0.5, 0.6) is 5.75 Å². The van der Waals surface area contributed by atoms with E-state index in [0.717, 1.165) is 16.5 Å². The van der Waals surface area contributed by atoms with E-state index in [-0.39, 0.29) is 0 Å². The highest BCUT2D eigenvalue weighted by Crippen LogP contribution is 2.27. The van der Waals surface area contributed by atoms with Gasteiger partial charge in [-0.05, 0) is 17.5 Å². The number of rotatable bonds is 2. The molecule has 0 aliphatic heterocycles. The molecule has 0 saturated carbocycles. The molecule has 0 fully saturated rings. The standard InChI is InChI=1S/C12H11NO2/c1-15-11-7-6-10(12(13)14)8-4-2-3-5-9(8)11/h2-7H,1H3,(H2,13,14). The van der Waals surface area contributed by atoms with Gasteiger partial charge in [0, 0.05) is 10.9 Å². The van der Waals surface area contributed by atoms with E-state index in [2.05, 4.69) is 0 Å². The third-order valence-corrected chi connectivity index (χ3v) is 2.37. The first-order valence-electron chi connectivity index (χ1n) is 4.59. The summed E-state index contributed by atoms with van der Waals surface area (Å²) in [5.74, 6) is 0.324. The van der Waals surface area contributed by atoms with Crippen molar-refractivity contribution in [3.8, 4) is 5.75 Å². The third-order valence-electron chi connectivity index (χ3n) is 2.37. The molecule has 1 amide bonds. The first-order valence-corrected chi connectivity index (χ1v) is 4.59. The summed E-state index contributed by atoms with van der Waals surface area (Å²) < 4.78 is 5.21. The highest BCUT2D eigenvalue weighted by Gasteiger charge is 2.08. The minimum Gasteiger partial charge on any atom is -0.496 e. The van der Waals surface area contributed by atoms with Crippen molar-refractivity contribution in [2.75, 3.05) is 7.11 Å². The van der Waals surface area contributed by atoms with Crippen molar-refractivity contribution >= 4 is 16.7 Å². The lowest BCUT2D eigenvalue weighted by atomic mass is 10.0. The first kappa shape index (κ1) is 9.52. The minimum absolute atomic E-state index is 0.422. The number of amides is 1.